The van der Waals surface area contributed by atoms with Crippen LogP contribution in [0.1, 0.15) is 51.4 Å². The normalized spacial score (nSPS) is 36.7. The van der Waals surface area contributed by atoms with E-state index in [9.17, 15) is 0 Å². The largest absolute Gasteiger partial charge is 0.478 e. The summed E-state index contributed by atoms with van der Waals surface area (Å²) in [6.45, 7) is 3.06. The van der Waals surface area contributed by atoms with Crippen molar-refractivity contribution < 1.29 is 49.4 Å². The van der Waals surface area contributed by atoms with E-state index in [-0.39, 0.29) is 34.7 Å². The van der Waals surface area contributed by atoms with E-state index in [0.29, 0.717) is 128 Å². The van der Waals surface area contributed by atoms with Gasteiger partial charge < -0.3 is 72.3 Å². The second kappa shape index (κ2) is 25.1. The molecule has 0 spiro atoms. The van der Waals surface area contributed by atoms with Crippen LogP contribution in [0.3, 0.4) is 0 Å². The number of halogens is 4. The molecule has 4 fully saturated rings. The minimum atomic E-state index is -4.15. The summed E-state index contributed by atoms with van der Waals surface area (Å²) in [5.41, 5.74) is 24.9. The molecule has 8 atom stereocenters. The molecule has 6 bridgehead atoms. The standard InChI is InChI=1S/C24H64Cl4N8O12Si9/c25-33-13-5-17-50-38-52(18-1-9-29)42-54(19-2-10-30)40-51(37-49,22-6-14-34-26)41-57(24-8-16-36-28)45-53(39-50,23-7-15-35-27)44-55(43-52,20-3-11-31)47-56(46-54,48-57)21-4-12-32/h33-36,50H,1-24,29-32H2,49H3. The Morgan fingerprint density at radius 3 is 1.09 bits per heavy atom. The third-order valence-electron chi connectivity index (χ3n) is 9.45. The van der Waals surface area contributed by atoms with Gasteiger partial charge in [-0.25, -0.2) is 19.3 Å². The fourth-order valence-corrected chi connectivity index (χ4v) is 56.2. The fraction of sp³-hybridized carbons (Fsp3) is 1.00. The first-order chi connectivity index (χ1) is 27.5. The number of hydrogen-bond donors (Lipinski definition) is 8. The zero-order valence-electron chi connectivity index (χ0n) is 32.8. The Labute approximate surface area is 369 Å². The SMILES string of the molecule is NCCC[Si]12O[SiH](CCCNCl)O[Si]3(CCCNCl)O[Si]4(CCCNCl)O[Si](CCCNCl)(O[SiH3])O[Si](CCCN)(O1)O[Si](CCCN)(O4)O[Si](CCCN)(O2)O3. The lowest BCUT2D eigenvalue weighted by molar-refractivity contribution is 0.00156. The summed E-state index contributed by atoms with van der Waals surface area (Å²) in [6, 6.07) is 2.52. The van der Waals surface area contributed by atoms with Gasteiger partial charge in [0, 0.05) is 68.5 Å². The summed E-state index contributed by atoms with van der Waals surface area (Å²) >= 11 is 24.0. The zero-order valence-corrected chi connectivity index (χ0v) is 45.9. The van der Waals surface area contributed by atoms with E-state index in [4.69, 9.17) is 119 Å². The Kier molecular flexibility index (Phi) is 22.9. The maximum Gasteiger partial charge on any atom is 0.478 e. The highest BCUT2D eigenvalue weighted by Gasteiger charge is 2.78. The lowest BCUT2D eigenvalue weighted by Gasteiger charge is -2.60. The topological polar surface area (TPSA) is 263 Å². The molecule has 4 saturated heterocycles. The molecule has 0 aliphatic carbocycles. The molecule has 336 valence electrons. The average Bonchev–Trinajstić information content (AvgIpc) is 3.16. The Morgan fingerprint density at radius 1 is 0.421 bits per heavy atom. The third-order valence-corrected chi connectivity index (χ3v) is 47.7. The van der Waals surface area contributed by atoms with Crippen molar-refractivity contribution in [1.29, 1.82) is 0 Å². The highest BCUT2D eigenvalue weighted by molar-refractivity contribution is 7.00. The molecule has 4 aliphatic heterocycles. The second-order valence-electron chi connectivity index (χ2n) is 14.1. The summed E-state index contributed by atoms with van der Waals surface area (Å²) in [4.78, 5) is 10.9. The van der Waals surface area contributed by atoms with Crippen LogP contribution in [0.15, 0.2) is 0 Å². The Hall–Kier alpha value is 2.31. The van der Waals surface area contributed by atoms with Gasteiger partial charge in [0.1, 0.15) is 10.5 Å². The Balaban J connectivity index is 2.14. The number of nitrogens with two attached hydrogens (primary N) is 4. The van der Waals surface area contributed by atoms with Gasteiger partial charge in [0.2, 0.25) is 0 Å². The van der Waals surface area contributed by atoms with Crippen molar-refractivity contribution in [2.45, 2.75) is 99.7 Å². The Morgan fingerprint density at radius 2 is 0.719 bits per heavy atom. The number of hydrogen-bond acceptors (Lipinski definition) is 20. The molecule has 0 amide bonds. The smallest absolute Gasteiger partial charge is 0.425 e. The van der Waals surface area contributed by atoms with Gasteiger partial charge in [-0.1, -0.05) is 0 Å². The minimum Gasteiger partial charge on any atom is -0.425 e. The van der Waals surface area contributed by atoms with Gasteiger partial charge >= 0.3 is 70.9 Å². The van der Waals surface area contributed by atoms with Gasteiger partial charge in [-0.3, -0.25) is 0 Å². The van der Waals surface area contributed by atoms with E-state index in [1.165, 1.54) is 0 Å². The maximum absolute atomic E-state index is 7.59. The number of rotatable bonds is 29. The summed E-state index contributed by atoms with van der Waals surface area (Å²) in [5.74, 6) is 0. The fourth-order valence-electron chi connectivity index (χ4n) is 7.03. The van der Waals surface area contributed by atoms with Crippen LogP contribution in [0.2, 0.25) is 48.4 Å². The van der Waals surface area contributed by atoms with Crippen LogP contribution < -0.4 is 42.3 Å². The van der Waals surface area contributed by atoms with Gasteiger partial charge in [-0.05, 0) is 131 Å². The van der Waals surface area contributed by atoms with Gasteiger partial charge in [-0.2, -0.15) is 0 Å². The van der Waals surface area contributed by atoms with Gasteiger partial charge in [0.05, 0.1) is 0 Å². The van der Waals surface area contributed by atoms with Gasteiger partial charge in [0.25, 0.3) is 0 Å². The predicted molar refractivity (Wildman–Crippen MR) is 237 cm³/mol. The molecule has 0 aromatic heterocycles. The molecule has 4 rings (SSSR count). The highest BCUT2D eigenvalue weighted by atomic mass is 35.5. The van der Waals surface area contributed by atoms with Crippen LogP contribution in [-0.4, -0.2) is 134 Å². The monoisotopic (exact) mass is 1050 g/mol. The lowest BCUT2D eigenvalue weighted by Crippen LogP contribution is -2.84. The zero-order chi connectivity index (χ0) is 41.4. The van der Waals surface area contributed by atoms with Crippen LogP contribution in [0, 0.1) is 0 Å². The summed E-state index contributed by atoms with van der Waals surface area (Å²) in [6.07, 6.45) is 4.05. The van der Waals surface area contributed by atoms with Crippen molar-refractivity contribution in [3.8, 4) is 0 Å². The average molecular weight is 1050 g/mol. The van der Waals surface area contributed by atoms with E-state index >= 15 is 0 Å². The summed E-state index contributed by atoms with van der Waals surface area (Å²) in [5, 5.41) is 0. The Bertz CT molecular complexity index is 1200. The molecule has 20 nitrogen and oxygen atoms in total. The summed E-state index contributed by atoms with van der Waals surface area (Å²) < 4.78 is 89.1. The first kappa shape index (κ1) is 51.9. The van der Waals surface area contributed by atoms with Crippen molar-refractivity contribution in [1.82, 2.24) is 19.3 Å². The molecule has 0 aromatic rings. The van der Waals surface area contributed by atoms with E-state index in [1.54, 1.807) is 0 Å². The number of fused-ring (bicyclic) bond motifs is 4. The molecule has 8 unspecified atom stereocenters. The van der Waals surface area contributed by atoms with Crippen molar-refractivity contribution in [3.63, 3.8) is 0 Å². The number of nitrogens with one attached hydrogen (secondary N) is 4. The molecule has 4 heterocycles. The molecule has 0 radical (unpaired) electrons. The molecule has 4 aliphatic rings. The predicted octanol–water partition coefficient (Wildman–Crippen LogP) is 0.242. The molecular formula is C24H64Cl4N8O12Si9. The van der Waals surface area contributed by atoms with Crippen molar-refractivity contribution >= 4 is 129 Å². The van der Waals surface area contributed by atoms with Crippen molar-refractivity contribution in [3.05, 3.63) is 0 Å². The van der Waals surface area contributed by atoms with E-state index in [2.05, 4.69) is 19.3 Å². The van der Waals surface area contributed by atoms with Crippen LogP contribution in [0.25, 0.3) is 0 Å². The molecule has 57 heavy (non-hydrogen) atoms. The maximum atomic E-state index is 7.59. The van der Waals surface area contributed by atoms with Gasteiger partial charge in [-0.15, -0.1) is 0 Å². The second-order valence-corrected chi connectivity index (χ2v) is 40.6. The highest BCUT2D eigenvalue weighted by Crippen LogP contribution is 2.50. The third kappa shape index (κ3) is 14.7. The molecule has 0 aromatic carbocycles. The molecule has 33 heteroatoms. The van der Waals surface area contributed by atoms with Gasteiger partial charge in [0.15, 0.2) is 0 Å². The van der Waals surface area contributed by atoms with Crippen molar-refractivity contribution in [2.24, 2.45) is 22.9 Å². The van der Waals surface area contributed by atoms with Crippen molar-refractivity contribution in [2.75, 3.05) is 52.4 Å². The van der Waals surface area contributed by atoms with E-state index in [1.807, 2.05) is 0 Å². The molecule has 12 N–H and O–H groups in total. The van der Waals surface area contributed by atoms with Crippen LogP contribution in [0.4, 0.5) is 0 Å². The molecular weight excluding hydrogens is 987 g/mol. The van der Waals surface area contributed by atoms with E-state index < -0.39 is 70.9 Å². The van der Waals surface area contributed by atoms with Crippen LogP contribution >= 0.6 is 47.1 Å². The van der Waals surface area contributed by atoms with Crippen LogP contribution in [-0.2, 0) is 49.4 Å². The first-order valence-corrected chi connectivity index (χ1v) is 37.5. The summed E-state index contributed by atoms with van der Waals surface area (Å²) in [7, 11) is -31.0. The lowest BCUT2D eigenvalue weighted by atomic mass is 10.5. The minimum absolute atomic E-state index is 0.229. The first-order valence-electron chi connectivity index (χ1n) is 19.9. The van der Waals surface area contributed by atoms with E-state index in [0.717, 1.165) is 0 Å². The quantitative estimate of drug-likeness (QED) is 0.0284. The molecule has 0 saturated carbocycles. The van der Waals surface area contributed by atoms with Crippen LogP contribution in [0.5, 0.6) is 0 Å².